The molecule has 0 saturated carbocycles. The van der Waals surface area contributed by atoms with Gasteiger partial charge in [0.15, 0.2) is 5.65 Å². The van der Waals surface area contributed by atoms with Gasteiger partial charge < -0.3 is 19.8 Å². The van der Waals surface area contributed by atoms with Crippen LogP contribution in [0.1, 0.15) is 20.8 Å². The summed E-state index contributed by atoms with van der Waals surface area (Å²) in [5.74, 6) is 0.362. The zero-order chi connectivity index (χ0) is 29.6. The Morgan fingerprint density at radius 2 is 1.86 bits per heavy atom. The van der Waals surface area contributed by atoms with Crippen molar-refractivity contribution in [3.63, 3.8) is 0 Å². The average Bonchev–Trinajstić information content (AvgIpc) is 3.22. The van der Waals surface area contributed by atoms with Gasteiger partial charge in [0.25, 0.3) is 5.56 Å². The fourth-order valence-corrected chi connectivity index (χ4v) is 5.67. The summed E-state index contributed by atoms with van der Waals surface area (Å²) in [6, 6.07) is 7.22. The first-order valence-corrected chi connectivity index (χ1v) is 15.0. The van der Waals surface area contributed by atoms with Crippen molar-refractivity contribution in [2.45, 2.75) is 32.9 Å². The molecule has 0 spiro atoms. The molecule has 0 bridgehead atoms. The van der Waals surface area contributed by atoms with E-state index in [-0.39, 0.29) is 12.6 Å². The topological polar surface area (TPSA) is 84.7 Å². The Balaban J connectivity index is 1.40. The number of nitrogens with zero attached hydrogens (tertiary/aromatic N) is 5. The molecule has 3 heterocycles. The molecule has 11 heteroatoms. The van der Waals surface area contributed by atoms with Crippen LogP contribution in [0.15, 0.2) is 71.3 Å². The molecule has 0 amide bonds. The highest BCUT2D eigenvalue weighted by molar-refractivity contribution is 6.39. The molecule has 5 rings (SSSR count). The number of anilines is 1. The third kappa shape index (κ3) is 6.81. The van der Waals surface area contributed by atoms with E-state index in [4.69, 9.17) is 32.8 Å². The van der Waals surface area contributed by atoms with E-state index in [0.29, 0.717) is 57.4 Å². The molecule has 1 saturated heterocycles. The molecular formula is C31H36Cl2N6O3. The predicted octanol–water partition coefficient (Wildman–Crippen LogP) is 5.05. The molecule has 2 aliphatic rings. The second-order valence-corrected chi connectivity index (χ2v) is 11.2. The van der Waals surface area contributed by atoms with E-state index in [1.807, 2.05) is 6.92 Å². The third-order valence-electron chi connectivity index (χ3n) is 7.35. The van der Waals surface area contributed by atoms with Gasteiger partial charge in [-0.15, -0.1) is 4.73 Å². The number of nitrogens with one attached hydrogen (secondary N) is 1. The van der Waals surface area contributed by atoms with E-state index in [1.54, 1.807) is 30.5 Å². The summed E-state index contributed by atoms with van der Waals surface area (Å²) in [5.41, 5.74) is 1.80. The van der Waals surface area contributed by atoms with E-state index >= 15 is 0 Å². The summed E-state index contributed by atoms with van der Waals surface area (Å²) in [4.78, 5) is 33.7. The number of pyridine rings is 1. The third-order valence-corrected chi connectivity index (χ3v) is 7.98. The van der Waals surface area contributed by atoms with Gasteiger partial charge in [-0.2, -0.15) is 4.98 Å². The minimum absolute atomic E-state index is 0.145. The molecular weight excluding hydrogens is 575 g/mol. The number of ether oxygens (including phenoxy) is 1. The van der Waals surface area contributed by atoms with Gasteiger partial charge in [0.2, 0.25) is 5.95 Å². The molecule has 1 unspecified atom stereocenters. The molecule has 1 aromatic carbocycles. The van der Waals surface area contributed by atoms with Crippen LogP contribution in [-0.4, -0.2) is 82.6 Å². The molecule has 1 fully saturated rings. The zero-order valence-corrected chi connectivity index (χ0v) is 25.6. The van der Waals surface area contributed by atoms with E-state index in [0.717, 1.165) is 26.2 Å². The van der Waals surface area contributed by atoms with Crippen LogP contribution in [0.3, 0.4) is 0 Å². The number of piperazine rings is 1. The lowest BCUT2D eigenvalue weighted by atomic mass is 10.1. The smallest absolute Gasteiger partial charge is 0.293 e. The molecule has 1 atom stereocenters. The summed E-state index contributed by atoms with van der Waals surface area (Å²) >= 11 is 12.9. The van der Waals surface area contributed by atoms with Crippen LogP contribution in [0, 0.1) is 0 Å². The first kappa shape index (κ1) is 30.1. The van der Waals surface area contributed by atoms with Crippen LogP contribution < -0.4 is 15.7 Å². The Hall–Kier alpha value is -3.37. The Morgan fingerprint density at radius 3 is 2.57 bits per heavy atom. The number of fused-ring (bicyclic) bond motifs is 1. The zero-order valence-electron chi connectivity index (χ0n) is 24.1. The highest BCUT2D eigenvalue weighted by Crippen LogP contribution is 2.33. The van der Waals surface area contributed by atoms with Crippen molar-refractivity contribution < 1.29 is 9.57 Å². The van der Waals surface area contributed by atoms with Crippen molar-refractivity contribution in [3.05, 3.63) is 86.9 Å². The monoisotopic (exact) mass is 610 g/mol. The van der Waals surface area contributed by atoms with Gasteiger partial charge in [0, 0.05) is 61.7 Å². The Morgan fingerprint density at radius 1 is 1.10 bits per heavy atom. The largest absolute Gasteiger partial charge is 0.406 e. The molecule has 0 radical (unpaired) electrons. The fraction of sp³-hybridized carbons (Fsp3) is 0.387. The first-order chi connectivity index (χ1) is 20.4. The van der Waals surface area contributed by atoms with Crippen molar-refractivity contribution in [1.82, 2.24) is 24.5 Å². The van der Waals surface area contributed by atoms with E-state index in [9.17, 15) is 4.79 Å². The molecule has 3 aromatic rings. The summed E-state index contributed by atoms with van der Waals surface area (Å²) in [6.07, 6.45) is 12.1. The van der Waals surface area contributed by atoms with E-state index in [2.05, 4.69) is 69.3 Å². The van der Waals surface area contributed by atoms with Crippen molar-refractivity contribution in [3.8, 4) is 11.1 Å². The molecule has 1 N–H and O–H groups in total. The summed E-state index contributed by atoms with van der Waals surface area (Å²) in [6.45, 7) is 11.5. The second kappa shape index (κ2) is 13.7. The lowest BCUT2D eigenvalue weighted by molar-refractivity contribution is 0.0433. The summed E-state index contributed by atoms with van der Waals surface area (Å²) in [7, 11) is 0. The highest BCUT2D eigenvalue weighted by atomic mass is 35.5. The lowest BCUT2D eigenvalue weighted by Crippen LogP contribution is -2.48. The molecule has 42 heavy (non-hydrogen) atoms. The lowest BCUT2D eigenvalue weighted by Gasteiger charge is -2.38. The fourth-order valence-electron chi connectivity index (χ4n) is 5.07. The molecule has 1 aliphatic carbocycles. The predicted molar refractivity (Wildman–Crippen MR) is 169 cm³/mol. The Labute approximate surface area is 256 Å². The van der Waals surface area contributed by atoms with Crippen molar-refractivity contribution in [1.29, 1.82) is 0 Å². The maximum atomic E-state index is 13.7. The second-order valence-electron chi connectivity index (χ2n) is 10.4. The summed E-state index contributed by atoms with van der Waals surface area (Å²) < 4.78 is 6.58. The Bertz CT molecular complexity index is 1540. The standard InChI is InChI=1S/C31H36Cl2N6O3/c1-4-41-17-18-42-39-29-22(19-25(30(39)40)28-26(32)9-6-10-27(28)33)20-34-31(36-29)35-23-7-5-8-24(12-11-23)38-15-13-37(14-16-38)21(2)3/h5-12,19-21,23H,4,13-18H2,1-3H3,(H,34,35,36). The van der Waals surface area contributed by atoms with Crippen LogP contribution in [0.25, 0.3) is 22.2 Å². The van der Waals surface area contributed by atoms with Crippen LogP contribution in [0.2, 0.25) is 10.0 Å². The number of allylic oxidation sites excluding steroid dienone is 3. The number of hydrogen-bond donors (Lipinski definition) is 1. The Kier molecular flexibility index (Phi) is 9.84. The number of halogens is 2. The van der Waals surface area contributed by atoms with Crippen molar-refractivity contribution in [2.24, 2.45) is 0 Å². The highest BCUT2D eigenvalue weighted by Gasteiger charge is 2.21. The van der Waals surface area contributed by atoms with Gasteiger partial charge in [-0.25, -0.2) is 4.98 Å². The normalized spacial score (nSPS) is 17.5. The van der Waals surface area contributed by atoms with Crippen molar-refractivity contribution >= 4 is 40.2 Å². The molecule has 2 aromatic heterocycles. The van der Waals surface area contributed by atoms with Gasteiger partial charge in [-0.05, 0) is 51.1 Å². The number of rotatable bonds is 10. The van der Waals surface area contributed by atoms with Gasteiger partial charge in [-0.3, -0.25) is 9.69 Å². The van der Waals surface area contributed by atoms with Crippen LogP contribution in [0.4, 0.5) is 5.95 Å². The quantitative estimate of drug-likeness (QED) is 0.319. The van der Waals surface area contributed by atoms with Gasteiger partial charge in [-0.1, -0.05) is 47.5 Å². The number of hydrogen-bond acceptors (Lipinski definition) is 8. The SMILES string of the molecule is CCOCCOn1c(=O)c(-c2c(Cl)cccc2Cl)cc2cnc(NC3C=CC=C(N4CCN(C(C)C)CC4)C=C3)nc21. The average molecular weight is 612 g/mol. The molecule has 9 nitrogen and oxygen atoms in total. The molecule has 222 valence electrons. The number of aromatic nitrogens is 3. The van der Waals surface area contributed by atoms with E-state index in [1.165, 1.54) is 10.4 Å². The van der Waals surface area contributed by atoms with Crippen molar-refractivity contribution in [2.75, 3.05) is 51.3 Å². The summed E-state index contributed by atoms with van der Waals surface area (Å²) in [5, 5.41) is 4.67. The van der Waals surface area contributed by atoms with Gasteiger partial charge >= 0.3 is 0 Å². The number of benzene rings is 1. The first-order valence-electron chi connectivity index (χ1n) is 14.3. The van der Waals surface area contributed by atoms with Crippen LogP contribution in [0.5, 0.6) is 0 Å². The minimum atomic E-state index is -0.431. The van der Waals surface area contributed by atoms with Gasteiger partial charge in [0.1, 0.15) is 6.61 Å². The molecule has 1 aliphatic heterocycles. The van der Waals surface area contributed by atoms with Crippen LogP contribution in [-0.2, 0) is 4.74 Å². The maximum Gasteiger partial charge on any atom is 0.293 e. The maximum absolute atomic E-state index is 13.7. The van der Waals surface area contributed by atoms with Crippen LogP contribution >= 0.6 is 23.2 Å². The van der Waals surface area contributed by atoms with E-state index < -0.39 is 5.56 Å². The van der Waals surface area contributed by atoms with Gasteiger partial charge in [0.05, 0.1) is 28.3 Å². The minimum Gasteiger partial charge on any atom is -0.406 e.